The molecule has 1 atom stereocenters. The van der Waals surface area contributed by atoms with Crippen molar-refractivity contribution >= 4 is 0 Å². The van der Waals surface area contributed by atoms with Gasteiger partial charge in [-0.1, -0.05) is 31.2 Å². The number of nitrogens with two attached hydrogens (primary N) is 1. The van der Waals surface area contributed by atoms with Crippen molar-refractivity contribution in [2.75, 3.05) is 26.2 Å². The molecule has 0 amide bonds. The molecule has 1 aliphatic heterocycles. The van der Waals surface area contributed by atoms with E-state index in [1.807, 2.05) is 19.1 Å². The molecule has 0 radical (unpaired) electrons. The lowest BCUT2D eigenvalue weighted by molar-refractivity contribution is 0.209. The maximum absolute atomic E-state index is 13.6. The summed E-state index contributed by atoms with van der Waals surface area (Å²) in [4.78, 5) is 2.55. The fourth-order valence-corrected chi connectivity index (χ4v) is 3.18. The van der Waals surface area contributed by atoms with E-state index in [1.165, 1.54) is 44.5 Å². The van der Waals surface area contributed by atoms with Gasteiger partial charge in [0.05, 0.1) is 0 Å². The highest BCUT2D eigenvalue weighted by molar-refractivity contribution is 5.27. The highest BCUT2D eigenvalue weighted by Crippen LogP contribution is 2.30. The van der Waals surface area contributed by atoms with E-state index in [0.717, 1.165) is 18.5 Å². The van der Waals surface area contributed by atoms with E-state index in [-0.39, 0.29) is 0 Å². The summed E-state index contributed by atoms with van der Waals surface area (Å²) in [5.74, 6) is 0.643. The van der Waals surface area contributed by atoms with Crippen LogP contribution in [0.2, 0.25) is 0 Å². The third-order valence-electron chi connectivity index (χ3n) is 4.64. The van der Waals surface area contributed by atoms with Crippen LogP contribution in [0.3, 0.4) is 0 Å². The first-order valence-corrected chi connectivity index (χ1v) is 8.41. The van der Waals surface area contributed by atoms with Crippen LogP contribution in [-0.2, 0) is 0 Å². The van der Waals surface area contributed by atoms with Gasteiger partial charge in [0, 0.05) is 0 Å². The highest BCUT2D eigenvalue weighted by atomic mass is 19.1. The van der Waals surface area contributed by atoms with E-state index in [1.54, 1.807) is 0 Å². The molecule has 1 heterocycles. The Balaban J connectivity index is 1.82. The maximum Gasteiger partial charge on any atom is 0.125 e. The zero-order valence-corrected chi connectivity index (χ0v) is 13.2. The van der Waals surface area contributed by atoms with Crippen LogP contribution in [0.1, 0.15) is 62.2 Å². The minimum absolute atomic E-state index is 0.556. The van der Waals surface area contributed by atoms with Crippen LogP contribution >= 0.6 is 0 Å². The standard InChI is InChI=1S/C18H29FN2/c1-2-18(19)17-7-5-15(6-8-17)16-9-13-21(14-10-16)12-4-3-11-20/h5-8,16,18H,2-4,9-14,20H2,1H3. The topological polar surface area (TPSA) is 29.3 Å². The molecule has 1 saturated heterocycles. The van der Waals surface area contributed by atoms with Crippen LogP contribution in [0.5, 0.6) is 0 Å². The molecule has 0 bridgehead atoms. The first kappa shape index (κ1) is 16.4. The molecule has 3 heteroatoms. The summed E-state index contributed by atoms with van der Waals surface area (Å²) in [5, 5.41) is 0. The van der Waals surface area contributed by atoms with Gasteiger partial charge in [-0.15, -0.1) is 0 Å². The molecule has 0 aromatic heterocycles. The van der Waals surface area contributed by atoms with Crippen molar-refractivity contribution in [1.82, 2.24) is 4.90 Å². The molecular formula is C18H29FN2. The monoisotopic (exact) mass is 292 g/mol. The van der Waals surface area contributed by atoms with Crippen LogP contribution in [0.25, 0.3) is 0 Å². The molecule has 1 fully saturated rings. The molecule has 21 heavy (non-hydrogen) atoms. The molecule has 1 aromatic carbocycles. The number of alkyl halides is 1. The van der Waals surface area contributed by atoms with Crippen molar-refractivity contribution in [2.45, 2.75) is 51.1 Å². The minimum atomic E-state index is -0.816. The lowest BCUT2D eigenvalue weighted by Crippen LogP contribution is -2.33. The number of hydrogen-bond donors (Lipinski definition) is 1. The third-order valence-corrected chi connectivity index (χ3v) is 4.64. The summed E-state index contributed by atoms with van der Waals surface area (Å²) >= 11 is 0. The van der Waals surface area contributed by atoms with Crippen LogP contribution in [0.4, 0.5) is 4.39 Å². The molecule has 1 aliphatic rings. The van der Waals surface area contributed by atoms with E-state index in [0.29, 0.717) is 12.3 Å². The van der Waals surface area contributed by atoms with Crippen LogP contribution in [-0.4, -0.2) is 31.1 Å². The Bertz CT molecular complexity index is 396. The summed E-state index contributed by atoms with van der Waals surface area (Å²) in [6.07, 6.45) is 4.52. The van der Waals surface area contributed by atoms with Gasteiger partial charge in [0.15, 0.2) is 0 Å². The zero-order chi connectivity index (χ0) is 15.1. The Kier molecular flexibility index (Phi) is 6.65. The third kappa shape index (κ3) is 4.79. The molecule has 2 nitrogen and oxygen atoms in total. The first-order valence-electron chi connectivity index (χ1n) is 8.41. The van der Waals surface area contributed by atoms with E-state index in [2.05, 4.69) is 17.0 Å². The van der Waals surface area contributed by atoms with Gasteiger partial charge in [0.25, 0.3) is 0 Å². The second-order valence-corrected chi connectivity index (χ2v) is 6.15. The zero-order valence-electron chi connectivity index (χ0n) is 13.2. The molecular weight excluding hydrogens is 263 g/mol. The lowest BCUT2D eigenvalue weighted by atomic mass is 9.88. The number of piperidine rings is 1. The summed E-state index contributed by atoms with van der Waals surface area (Å²) < 4.78 is 13.6. The molecule has 2 N–H and O–H groups in total. The second kappa shape index (κ2) is 8.50. The van der Waals surface area contributed by atoms with Gasteiger partial charge in [0.1, 0.15) is 6.17 Å². The quantitative estimate of drug-likeness (QED) is 0.769. The molecule has 0 aliphatic carbocycles. The number of unbranched alkanes of at least 4 members (excludes halogenated alkanes) is 1. The van der Waals surface area contributed by atoms with Crippen molar-refractivity contribution in [1.29, 1.82) is 0 Å². The normalized spacial score (nSPS) is 18.8. The first-order chi connectivity index (χ1) is 10.2. The van der Waals surface area contributed by atoms with E-state index >= 15 is 0 Å². The van der Waals surface area contributed by atoms with E-state index in [9.17, 15) is 4.39 Å². The number of hydrogen-bond acceptors (Lipinski definition) is 2. The lowest BCUT2D eigenvalue weighted by Gasteiger charge is -2.32. The SMILES string of the molecule is CCC(F)c1ccc(C2CCN(CCCCN)CC2)cc1. The molecule has 1 aromatic rings. The van der Waals surface area contributed by atoms with Gasteiger partial charge in [-0.3, -0.25) is 0 Å². The Morgan fingerprint density at radius 1 is 1.19 bits per heavy atom. The smallest absolute Gasteiger partial charge is 0.125 e. The van der Waals surface area contributed by atoms with Crippen LogP contribution in [0, 0.1) is 0 Å². The summed E-state index contributed by atoms with van der Waals surface area (Å²) in [6, 6.07) is 8.20. The van der Waals surface area contributed by atoms with Crippen molar-refractivity contribution < 1.29 is 4.39 Å². The summed E-state index contributed by atoms with van der Waals surface area (Å²) in [6.45, 7) is 6.23. The van der Waals surface area contributed by atoms with Crippen molar-refractivity contribution in [2.24, 2.45) is 5.73 Å². The van der Waals surface area contributed by atoms with E-state index in [4.69, 9.17) is 5.73 Å². The van der Waals surface area contributed by atoms with E-state index < -0.39 is 6.17 Å². The number of halogens is 1. The largest absolute Gasteiger partial charge is 0.330 e. The molecule has 0 spiro atoms. The number of likely N-dealkylation sites (tertiary alicyclic amines) is 1. The highest BCUT2D eigenvalue weighted by Gasteiger charge is 2.20. The second-order valence-electron chi connectivity index (χ2n) is 6.15. The average molecular weight is 292 g/mol. The van der Waals surface area contributed by atoms with Gasteiger partial charge in [-0.25, -0.2) is 4.39 Å². The van der Waals surface area contributed by atoms with Crippen LogP contribution < -0.4 is 5.73 Å². The van der Waals surface area contributed by atoms with Gasteiger partial charge in [0.2, 0.25) is 0 Å². The van der Waals surface area contributed by atoms with Crippen molar-refractivity contribution in [3.8, 4) is 0 Å². The van der Waals surface area contributed by atoms with Crippen LogP contribution in [0.15, 0.2) is 24.3 Å². The number of rotatable bonds is 7. The summed E-state index contributed by atoms with van der Waals surface area (Å²) in [7, 11) is 0. The fourth-order valence-electron chi connectivity index (χ4n) is 3.18. The Hall–Kier alpha value is -0.930. The fraction of sp³-hybridized carbons (Fsp3) is 0.667. The Morgan fingerprint density at radius 2 is 1.86 bits per heavy atom. The Labute approximate surface area is 128 Å². The van der Waals surface area contributed by atoms with Gasteiger partial charge < -0.3 is 10.6 Å². The number of benzene rings is 1. The molecule has 1 unspecified atom stereocenters. The molecule has 118 valence electrons. The summed E-state index contributed by atoms with van der Waals surface area (Å²) in [5.41, 5.74) is 7.74. The molecule has 2 rings (SSSR count). The predicted molar refractivity (Wildman–Crippen MR) is 87.3 cm³/mol. The maximum atomic E-state index is 13.6. The van der Waals surface area contributed by atoms with Gasteiger partial charge in [-0.05, 0) is 75.3 Å². The number of nitrogens with zero attached hydrogens (tertiary/aromatic N) is 1. The Morgan fingerprint density at radius 3 is 2.43 bits per heavy atom. The average Bonchev–Trinajstić information content (AvgIpc) is 2.55. The van der Waals surface area contributed by atoms with Crippen molar-refractivity contribution in [3.63, 3.8) is 0 Å². The van der Waals surface area contributed by atoms with Gasteiger partial charge >= 0.3 is 0 Å². The van der Waals surface area contributed by atoms with Gasteiger partial charge in [-0.2, -0.15) is 0 Å². The molecule has 0 saturated carbocycles. The van der Waals surface area contributed by atoms with Crippen molar-refractivity contribution in [3.05, 3.63) is 35.4 Å². The minimum Gasteiger partial charge on any atom is -0.330 e. The predicted octanol–water partition coefficient (Wildman–Crippen LogP) is 4.03.